The van der Waals surface area contributed by atoms with E-state index in [1.54, 1.807) is 17.0 Å². The van der Waals surface area contributed by atoms with Crippen molar-refractivity contribution < 1.29 is 19.4 Å². The van der Waals surface area contributed by atoms with Crippen LogP contribution in [0, 0.1) is 0 Å². The molecule has 1 aliphatic rings. The minimum Gasteiger partial charge on any atom is -0.478 e. The Morgan fingerprint density at radius 2 is 1.96 bits per heavy atom. The molecule has 1 heterocycles. The molecule has 1 saturated heterocycles. The van der Waals surface area contributed by atoms with Crippen molar-refractivity contribution >= 4 is 29.1 Å². The lowest BCUT2D eigenvalue weighted by molar-refractivity contribution is 0.0697. The number of hydrogen-bond acceptors (Lipinski definition) is 5. The number of rotatable bonds is 5. The molecule has 0 radical (unpaired) electrons. The van der Waals surface area contributed by atoms with Crippen LogP contribution in [0.1, 0.15) is 22.8 Å². The number of carboxylic acid groups (broad SMARTS) is 1. The minimum atomic E-state index is -0.969. The lowest BCUT2D eigenvalue weighted by Gasteiger charge is -2.13. The maximum Gasteiger partial charge on any atom is 0.414 e. The second-order valence-electron chi connectivity index (χ2n) is 5.51. The summed E-state index contributed by atoms with van der Waals surface area (Å²) >= 11 is 0. The molecule has 0 bridgehead atoms. The van der Waals surface area contributed by atoms with E-state index in [0.29, 0.717) is 18.8 Å². The van der Waals surface area contributed by atoms with Gasteiger partial charge in [-0.15, -0.1) is 0 Å². The molecule has 128 valence electrons. The third kappa shape index (κ3) is 3.77. The zero-order chi connectivity index (χ0) is 17.8. The van der Waals surface area contributed by atoms with Gasteiger partial charge in [0.1, 0.15) is 6.61 Å². The highest BCUT2D eigenvalue weighted by Crippen LogP contribution is 2.20. The van der Waals surface area contributed by atoms with Crippen LogP contribution in [0.25, 0.3) is 0 Å². The molecule has 2 N–H and O–H groups in total. The predicted molar refractivity (Wildman–Crippen MR) is 94.4 cm³/mol. The summed E-state index contributed by atoms with van der Waals surface area (Å²) in [5.41, 5.74) is 6.16. The van der Waals surface area contributed by atoms with Gasteiger partial charge in [0, 0.05) is 5.69 Å². The monoisotopic (exact) mass is 339 g/mol. The third-order valence-electron chi connectivity index (χ3n) is 3.82. The number of amides is 1. The second kappa shape index (κ2) is 7.04. The Kier molecular flexibility index (Phi) is 4.65. The van der Waals surface area contributed by atoms with Gasteiger partial charge in [-0.2, -0.15) is 5.10 Å². The fraction of sp³-hybridized carbons (Fsp3) is 0.167. The van der Waals surface area contributed by atoms with Crippen LogP contribution >= 0.6 is 0 Å². The van der Waals surface area contributed by atoms with Crippen LogP contribution in [0.15, 0.2) is 53.6 Å². The molecule has 7 nitrogen and oxygen atoms in total. The molecule has 3 rings (SSSR count). The summed E-state index contributed by atoms with van der Waals surface area (Å²) in [5.74, 6) is -0.969. The van der Waals surface area contributed by atoms with E-state index in [4.69, 9.17) is 9.84 Å². The quantitative estimate of drug-likeness (QED) is 0.645. The number of nitrogens with zero attached hydrogens (tertiary/aromatic N) is 2. The molecular formula is C18H17N3O4. The van der Waals surface area contributed by atoms with Crippen molar-refractivity contribution in [1.29, 1.82) is 0 Å². The van der Waals surface area contributed by atoms with Gasteiger partial charge in [-0.05, 0) is 48.9 Å². The van der Waals surface area contributed by atoms with Gasteiger partial charge in [0.05, 0.1) is 23.5 Å². The lowest BCUT2D eigenvalue weighted by atomic mass is 10.1. The van der Waals surface area contributed by atoms with Crippen molar-refractivity contribution in [2.75, 3.05) is 23.5 Å². The standard InChI is InChI=1S/C18H17N3O4/c1-12(19-20-15-7-5-13(6-8-15)17(22)23)14-3-2-4-16(11-14)21-9-10-25-18(21)24/h2-8,11,20H,9-10H2,1H3,(H,22,23)/b19-12+. The molecule has 7 heteroatoms. The molecule has 0 spiro atoms. The molecular weight excluding hydrogens is 322 g/mol. The Morgan fingerprint density at radius 3 is 2.60 bits per heavy atom. The molecule has 2 aromatic carbocycles. The van der Waals surface area contributed by atoms with Crippen molar-refractivity contribution in [1.82, 2.24) is 0 Å². The van der Waals surface area contributed by atoms with Gasteiger partial charge in [0.15, 0.2) is 0 Å². The van der Waals surface area contributed by atoms with Gasteiger partial charge in [0.2, 0.25) is 0 Å². The van der Waals surface area contributed by atoms with Crippen LogP contribution in [0.3, 0.4) is 0 Å². The molecule has 25 heavy (non-hydrogen) atoms. The van der Waals surface area contributed by atoms with E-state index < -0.39 is 5.97 Å². The summed E-state index contributed by atoms with van der Waals surface area (Å²) in [6.45, 7) is 2.77. The molecule has 0 aromatic heterocycles. The number of hydrogen-bond donors (Lipinski definition) is 2. The van der Waals surface area contributed by atoms with Crippen molar-refractivity contribution in [3.8, 4) is 0 Å². The molecule has 1 fully saturated rings. The Morgan fingerprint density at radius 1 is 1.20 bits per heavy atom. The summed E-state index contributed by atoms with van der Waals surface area (Å²) in [5, 5.41) is 13.2. The average Bonchev–Trinajstić information content (AvgIpc) is 3.06. The summed E-state index contributed by atoms with van der Waals surface area (Å²) in [6, 6.07) is 13.8. The number of carbonyl (C=O) groups excluding carboxylic acids is 1. The van der Waals surface area contributed by atoms with Crippen molar-refractivity contribution in [3.05, 3.63) is 59.7 Å². The first-order chi connectivity index (χ1) is 12.0. The van der Waals surface area contributed by atoms with Gasteiger partial charge >= 0.3 is 12.1 Å². The topological polar surface area (TPSA) is 91.2 Å². The molecule has 0 aliphatic carbocycles. The lowest BCUT2D eigenvalue weighted by Crippen LogP contribution is -2.23. The number of cyclic esters (lactones) is 1. The van der Waals surface area contributed by atoms with Crippen LogP contribution in [0.5, 0.6) is 0 Å². The average molecular weight is 339 g/mol. The zero-order valence-corrected chi connectivity index (χ0v) is 13.6. The fourth-order valence-electron chi connectivity index (χ4n) is 2.43. The SMILES string of the molecule is C/C(=N\Nc1ccc(C(=O)O)cc1)c1cccc(N2CCOC2=O)c1. The van der Waals surface area contributed by atoms with Crippen molar-refractivity contribution in [2.45, 2.75) is 6.92 Å². The van der Waals surface area contributed by atoms with Crippen LogP contribution in [0.4, 0.5) is 16.2 Å². The van der Waals surface area contributed by atoms with Gasteiger partial charge in [-0.3, -0.25) is 10.3 Å². The molecule has 2 aromatic rings. The first-order valence-corrected chi connectivity index (χ1v) is 7.73. The van der Waals surface area contributed by atoms with E-state index >= 15 is 0 Å². The maximum atomic E-state index is 11.7. The van der Waals surface area contributed by atoms with Crippen LogP contribution in [-0.4, -0.2) is 36.0 Å². The number of aromatic carboxylic acids is 1. The largest absolute Gasteiger partial charge is 0.478 e. The van der Waals surface area contributed by atoms with E-state index in [9.17, 15) is 9.59 Å². The van der Waals surface area contributed by atoms with E-state index in [0.717, 1.165) is 17.0 Å². The highest BCUT2D eigenvalue weighted by molar-refractivity contribution is 6.01. The molecule has 1 amide bonds. The second-order valence-corrected chi connectivity index (χ2v) is 5.51. The van der Waals surface area contributed by atoms with Crippen LogP contribution in [0.2, 0.25) is 0 Å². The number of nitrogens with one attached hydrogen (secondary N) is 1. The number of carbonyl (C=O) groups is 2. The number of ether oxygens (including phenoxy) is 1. The van der Waals surface area contributed by atoms with Gasteiger partial charge in [0.25, 0.3) is 0 Å². The smallest absolute Gasteiger partial charge is 0.414 e. The number of anilines is 2. The minimum absolute atomic E-state index is 0.219. The van der Waals surface area contributed by atoms with Crippen molar-refractivity contribution in [2.24, 2.45) is 5.10 Å². The number of carboxylic acids is 1. The maximum absolute atomic E-state index is 11.7. The normalized spacial score (nSPS) is 14.4. The van der Waals surface area contributed by atoms with Crippen LogP contribution < -0.4 is 10.3 Å². The van der Waals surface area contributed by atoms with E-state index in [2.05, 4.69) is 10.5 Å². The first-order valence-electron chi connectivity index (χ1n) is 7.73. The number of hydrazone groups is 1. The number of benzene rings is 2. The zero-order valence-electron chi connectivity index (χ0n) is 13.6. The van der Waals surface area contributed by atoms with Gasteiger partial charge in [-0.1, -0.05) is 12.1 Å². The van der Waals surface area contributed by atoms with Crippen LogP contribution in [-0.2, 0) is 4.74 Å². The molecule has 0 saturated carbocycles. The highest BCUT2D eigenvalue weighted by Gasteiger charge is 2.23. The summed E-state index contributed by atoms with van der Waals surface area (Å²) in [7, 11) is 0. The Hall–Kier alpha value is -3.35. The summed E-state index contributed by atoms with van der Waals surface area (Å²) < 4.78 is 4.95. The van der Waals surface area contributed by atoms with E-state index in [-0.39, 0.29) is 11.7 Å². The Labute approximate surface area is 144 Å². The van der Waals surface area contributed by atoms with Gasteiger partial charge in [-0.25, -0.2) is 9.59 Å². The third-order valence-corrected chi connectivity index (χ3v) is 3.82. The summed E-state index contributed by atoms with van der Waals surface area (Å²) in [4.78, 5) is 24.1. The highest BCUT2D eigenvalue weighted by atomic mass is 16.6. The Bertz CT molecular complexity index is 830. The Balaban J connectivity index is 1.73. The van der Waals surface area contributed by atoms with Gasteiger partial charge < -0.3 is 9.84 Å². The van der Waals surface area contributed by atoms with Crippen molar-refractivity contribution in [3.63, 3.8) is 0 Å². The summed E-state index contributed by atoms with van der Waals surface area (Å²) in [6.07, 6.45) is -0.344. The predicted octanol–water partition coefficient (Wildman–Crippen LogP) is 3.18. The van der Waals surface area contributed by atoms with E-state index in [1.165, 1.54) is 12.1 Å². The van der Waals surface area contributed by atoms with E-state index in [1.807, 2.05) is 31.2 Å². The molecule has 1 aliphatic heterocycles. The fourth-order valence-corrected chi connectivity index (χ4v) is 2.43. The molecule has 0 unspecified atom stereocenters. The first kappa shape index (κ1) is 16.5. The molecule has 0 atom stereocenters.